The lowest BCUT2D eigenvalue weighted by Gasteiger charge is -2.14. The third kappa shape index (κ3) is 10.2. The van der Waals surface area contributed by atoms with E-state index in [0.29, 0.717) is 34.5 Å². The second-order valence-electron chi connectivity index (χ2n) is 10.9. The minimum absolute atomic E-state index is 0.593. The first-order valence-corrected chi connectivity index (χ1v) is 18.5. The van der Waals surface area contributed by atoms with Crippen LogP contribution in [0, 0.1) is 0 Å². The van der Waals surface area contributed by atoms with Crippen LogP contribution in [0.3, 0.4) is 0 Å². The number of methoxy groups -OCH3 is 6. The highest BCUT2D eigenvalue weighted by Crippen LogP contribution is 2.39. The van der Waals surface area contributed by atoms with Gasteiger partial charge in [-0.1, -0.05) is 27.7 Å². The lowest BCUT2D eigenvalue weighted by Crippen LogP contribution is -2.38. The van der Waals surface area contributed by atoms with Gasteiger partial charge in [0.05, 0.1) is 42.7 Å². The van der Waals surface area contributed by atoms with E-state index in [4.69, 9.17) is 28.4 Å². The van der Waals surface area contributed by atoms with Crippen molar-refractivity contribution in [1.29, 1.82) is 0 Å². The number of hydrogen-bond donors (Lipinski definition) is 0. The standard InChI is InChI=1S/C38H48N2O6S2/c1-41-33-25-29(26-34(42-2)37(33)45-5)15-17-31-13-7-9-19-39(31)21-11-23-47-48-24-12-22-40-20-10-8-14-32(40)18-16-30-27-35(43-3)38(46-6)36(28-30)44-4/h7-10,13-15,17,19-20,25-28H,11-12,16,18,21-24H2,1-6H3/q+2/b17-15+. The molecule has 0 aliphatic heterocycles. The Bertz CT molecular complexity index is 1580. The molecule has 0 N–H and O–H groups in total. The zero-order valence-electron chi connectivity index (χ0n) is 28.9. The summed E-state index contributed by atoms with van der Waals surface area (Å²) in [5.74, 6) is 6.09. The molecule has 0 saturated carbocycles. The molecule has 0 radical (unpaired) electrons. The van der Waals surface area contributed by atoms with Gasteiger partial charge < -0.3 is 28.4 Å². The number of nitrogens with zero attached hydrogens (tertiary/aromatic N) is 2. The van der Waals surface area contributed by atoms with Gasteiger partial charge in [-0.25, -0.2) is 4.57 Å². The van der Waals surface area contributed by atoms with Gasteiger partial charge in [-0.15, -0.1) is 0 Å². The summed E-state index contributed by atoms with van der Waals surface area (Å²) in [6.07, 6.45) is 12.6. The van der Waals surface area contributed by atoms with Crippen molar-refractivity contribution >= 4 is 33.7 Å². The summed E-state index contributed by atoms with van der Waals surface area (Å²) < 4.78 is 37.7. The molecule has 0 aliphatic rings. The average molecular weight is 693 g/mol. The van der Waals surface area contributed by atoms with Crippen LogP contribution in [0.2, 0.25) is 0 Å². The smallest absolute Gasteiger partial charge is 0.205 e. The zero-order valence-corrected chi connectivity index (χ0v) is 30.5. The van der Waals surface area contributed by atoms with Crippen LogP contribution >= 0.6 is 21.6 Å². The highest BCUT2D eigenvalue weighted by molar-refractivity contribution is 8.76. The van der Waals surface area contributed by atoms with Crippen LogP contribution in [-0.2, 0) is 25.9 Å². The fraction of sp³-hybridized carbons (Fsp3) is 0.368. The Morgan fingerprint density at radius 3 is 1.65 bits per heavy atom. The van der Waals surface area contributed by atoms with Gasteiger partial charge in [-0.2, -0.15) is 4.57 Å². The molecule has 4 aromatic rings. The summed E-state index contributed by atoms with van der Waals surface area (Å²) in [6.45, 7) is 1.96. The quantitative estimate of drug-likeness (QED) is 0.0551. The summed E-state index contributed by atoms with van der Waals surface area (Å²) in [7, 11) is 13.7. The Morgan fingerprint density at radius 1 is 0.562 bits per heavy atom. The van der Waals surface area contributed by atoms with E-state index in [1.54, 1.807) is 42.7 Å². The van der Waals surface area contributed by atoms with Gasteiger partial charge in [-0.05, 0) is 54.0 Å². The maximum Gasteiger partial charge on any atom is 0.205 e. The second kappa shape index (κ2) is 19.7. The Kier molecular flexibility index (Phi) is 15.1. The van der Waals surface area contributed by atoms with Crippen LogP contribution < -0.4 is 37.6 Å². The molecule has 2 heterocycles. The highest BCUT2D eigenvalue weighted by atomic mass is 33.1. The molecule has 8 nitrogen and oxygen atoms in total. The largest absolute Gasteiger partial charge is 0.493 e. The predicted octanol–water partition coefficient (Wildman–Crippen LogP) is 7.13. The molecule has 0 spiro atoms. The molecule has 0 atom stereocenters. The fourth-order valence-corrected chi connectivity index (χ4v) is 7.58. The van der Waals surface area contributed by atoms with Crippen LogP contribution in [0.15, 0.2) is 73.1 Å². The lowest BCUT2D eigenvalue weighted by atomic mass is 10.1. The van der Waals surface area contributed by atoms with Gasteiger partial charge in [0, 0.05) is 61.1 Å². The van der Waals surface area contributed by atoms with Crippen molar-refractivity contribution < 1.29 is 37.6 Å². The topological polar surface area (TPSA) is 63.1 Å². The van der Waals surface area contributed by atoms with Crippen molar-refractivity contribution in [3.8, 4) is 34.5 Å². The number of aryl methyl sites for hydroxylation is 4. The van der Waals surface area contributed by atoms with E-state index in [0.717, 1.165) is 67.1 Å². The molecular weight excluding hydrogens is 645 g/mol. The molecule has 0 fully saturated rings. The minimum Gasteiger partial charge on any atom is -0.493 e. The average Bonchev–Trinajstić information content (AvgIpc) is 3.13. The minimum atomic E-state index is 0.593. The third-order valence-electron chi connectivity index (χ3n) is 7.88. The van der Waals surface area contributed by atoms with Crippen LogP contribution in [0.1, 0.15) is 35.4 Å². The molecule has 0 aliphatic carbocycles. The molecule has 48 heavy (non-hydrogen) atoms. The van der Waals surface area contributed by atoms with Gasteiger partial charge in [0.1, 0.15) is 13.1 Å². The van der Waals surface area contributed by atoms with Gasteiger partial charge in [0.2, 0.25) is 17.2 Å². The SMILES string of the molecule is COc1cc(/C=C/c2cccc[n+]2CCCSSCCC[n+]2ccccc2CCc2cc(OC)c(OC)c(OC)c2)cc(OC)c1OC. The summed E-state index contributed by atoms with van der Waals surface area (Å²) in [4.78, 5) is 0. The van der Waals surface area contributed by atoms with Gasteiger partial charge in [0.25, 0.3) is 0 Å². The lowest BCUT2D eigenvalue weighted by molar-refractivity contribution is -0.704. The molecule has 0 unspecified atom stereocenters. The summed E-state index contributed by atoms with van der Waals surface area (Å²) in [6, 6.07) is 20.7. The third-order valence-corrected chi connectivity index (χ3v) is 10.5. The summed E-state index contributed by atoms with van der Waals surface area (Å²) >= 11 is 0. The van der Waals surface area contributed by atoms with E-state index in [-0.39, 0.29) is 0 Å². The summed E-state index contributed by atoms with van der Waals surface area (Å²) in [5, 5.41) is 0. The Morgan fingerprint density at radius 2 is 1.08 bits per heavy atom. The van der Waals surface area contributed by atoms with Gasteiger partial charge in [-0.3, -0.25) is 0 Å². The Balaban J connectivity index is 1.21. The molecular formula is C38H48N2O6S2+2. The molecule has 0 amide bonds. The number of ether oxygens (including phenoxy) is 6. The van der Waals surface area contributed by atoms with E-state index in [1.165, 1.54) is 5.69 Å². The molecule has 0 saturated heterocycles. The first-order valence-electron chi connectivity index (χ1n) is 16.0. The maximum atomic E-state index is 5.54. The van der Waals surface area contributed by atoms with Crippen LogP contribution in [0.25, 0.3) is 12.2 Å². The number of benzene rings is 2. The molecule has 2 aromatic heterocycles. The van der Waals surface area contributed by atoms with Crippen molar-refractivity contribution in [1.82, 2.24) is 0 Å². The van der Waals surface area contributed by atoms with Crippen molar-refractivity contribution in [2.75, 3.05) is 54.2 Å². The zero-order chi connectivity index (χ0) is 34.1. The first kappa shape index (κ1) is 36.8. The first-order chi connectivity index (χ1) is 23.5. The van der Waals surface area contributed by atoms with Crippen molar-refractivity contribution in [3.63, 3.8) is 0 Å². The maximum absolute atomic E-state index is 5.54. The van der Waals surface area contributed by atoms with E-state index in [9.17, 15) is 0 Å². The second-order valence-corrected chi connectivity index (χ2v) is 13.6. The molecule has 2 aromatic carbocycles. The van der Waals surface area contributed by atoms with Crippen molar-refractivity contribution in [2.45, 2.75) is 38.8 Å². The molecule has 256 valence electrons. The predicted molar refractivity (Wildman–Crippen MR) is 196 cm³/mol. The monoisotopic (exact) mass is 692 g/mol. The molecule has 4 rings (SSSR count). The Labute approximate surface area is 293 Å². The van der Waals surface area contributed by atoms with Crippen LogP contribution in [-0.4, -0.2) is 54.2 Å². The van der Waals surface area contributed by atoms with Crippen molar-refractivity contribution in [2.24, 2.45) is 0 Å². The number of pyridine rings is 2. The van der Waals surface area contributed by atoms with E-state index >= 15 is 0 Å². The summed E-state index contributed by atoms with van der Waals surface area (Å²) in [5.41, 5.74) is 4.59. The fourth-order valence-electron chi connectivity index (χ4n) is 5.44. The Hall–Kier alpha value is -4.02. The molecule has 10 heteroatoms. The van der Waals surface area contributed by atoms with E-state index in [2.05, 4.69) is 70.1 Å². The molecule has 0 bridgehead atoms. The van der Waals surface area contributed by atoms with Gasteiger partial charge in [0.15, 0.2) is 41.1 Å². The van der Waals surface area contributed by atoms with Gasteiger partial charge >= 0.3 is 0 Å². The number of rotatable bonds is 20. The number of aromatic nitrogens is 2. The van der Waals surface area contributed by atoms with E-state index in [1.807, 2.05) is 45.9 Å². The van der Waals surface area contributed by atoms with E-state index < -0.39 is 0 Å². The highest BCUT2D eigenvalue weighted by Gasteiger charge is 2.16. The number of hydrogen-bond acceptors (Lipinski definition) is 8. The van der Waals surface area contributed by atoms with Crippen LogP contribution in [0.5, 0.6) is 34.5 Å². The van der Waals surface area contributed by atoms with Crippen LogP contribution in [0.4, 0.5) is 0 Å². The normalized spacial score (nSPS) is 11.0. The van der Waals surface area contributed by atoms with Crippen molar-refractivity contribution in [3.05, 3.63) is 95.6 Å².